The highest BCUT2D eigenvalue weighted by molar-refractivity contribution is 9.09. The standard InChI is InChI=1S/C15H21BrO2/c1-15(2,3)10-6-5-7-11(8-10)18-13-9-12(16)14(13)17-4/h5-8,12-14H,9H2,1-4H3. The lowest BCUT2D eigenvalue weighted by molar-refractivity contribution is -0.0545. The van der Waals surface area contributed by atoms with Crippen molar-refractivity contribution in [3.8, 4) is 5.75 Å². The van der Waals surface area contributed by atoms with Crippen LogP contribution in [-0.2, 0) is 10.2 Å². The van der Waals surface area contributed by atoms with Gasteiger partial charge in [-0.15, -0.1) is 0 Å². The maximum atomic E-state index is 6.01. The number of alkyl halides is 1. The first-order chi connectivity index (χ1) is 8.41. The molecule has 1 aromatic carbocycles. The summed E-state index contributed by atoms with van der Waals surface area (Å²) in [5.41, 5.74) is 1.45. The number of halogens is 1. The molecule has 100 valence electrons. The van der Waals surface area contributed by atoms with Gasteiger partial charge in [0.15, 0.2) is 0 Å². The van der Waals surface area contributed by atoms with E-state index in [2.05, 4.69) is 54.9 Å². The lowest BCUT2D eigenvalue weighted by atomic mass is 9.87. The third-order valence-corrected chi connectivity index (χ3v) is 4.33. The SMILES string of the molecule is COC1C(Br)CC1Oc1cccc(C(C)(C)C)c1. The van der Waals surface area contributed by atoms with Gasteiger partial charge in [0.2, 0.25) is 0 Å². The molecule has 1 aliphatic carbocycles. The van der Waals surface area contributed by atoms with Crippen molar-refractivity contribution in [3.63, 3.8) is 0 Å². The predicted octanol–water partition coefficient (Wildman–Crippen LogP) is 3.91. The van der Waals surface area contributed by atoms with Gasteiger partial charge in [-0.3, -0.25) is 0 Å². The van der Waals surface area contributed by atoms with Gasteiger partial charge >= 0.3 is 0 Å². The minimum atomic E-state index is 0.150. The van der Waals surface area contributed by atoms with E-state index in [0.29, 0.717) is 4.83 Å². The Balaban J connectivity index is 2.07. The van der Waals surface area contributed by atoms with Crippen molar-refractivity contribution >= 4 is 15.9 Å². The van der Waals surface area contributed by atoms with Crippen LogP contribution in [0.5, 0.6) is 5.75 Å². The number of rotatable bonds is 3. The Hall–Kier alpha value is -0.540. The largest absolute Gasteiger partial charge is 0.488 e. The van der Waals surface area contributed by atoms with Gasteiger partial charge < -0.3 is 9.47 Å². The van der Waals surface area contributed by atoms with Crippen molar-refractivity contribution in [1.29, 1.82) is 0 Å². The van der Waals surface area contributed by atoms with Crippen LogP contribution in [0, 0.1) is 0 Å². The summed E-state index contributed by atoms with van der Waals surface area (Å²) < 4.78 is 11.4. The summed E-state index contributed by atoms with van der Waals surface area (Å²) in [7, 11) is 1.74. The van der Waals surface area contributed by atoms with E-state index < -0.39 is 0 Å². The quantitative estimate of drug-likeness (QED) is 0.788. The van der Waals surface area contributed by atoms with Crippen LogP contribution in [0.1, 0.15) is 32.8 Å². The van der Waals surface area contributed by atoms with Gasteiger partial charge in [0.25, 0.3) is 0 Å². The molecule has 18 heavy (non-hydrogen) atoms. The van der Waals surface area contributed by atoms with Gasteiger partial charge in [0.05, 0.1) is 0 Å². The fourth-order valence-electron chi connectivity index (χ4n) is 2.15. The minimum Gasteiger partial charge on any atom is -0.488 e. The van der Waals surface area contributed by atoms with Gasteiger partial charge in [0, 0.05) is 18.4 Å². The Morgan fingerprint density at radius 2 is 2.00 bits per heavy atom. The van der Waals surface area contributed by atoms with Crippen LogP contribution >= 0.6 is 15.9 Å². The highest BCUT2D eigenvalue weighted by Gasteiger charge is 2.41. The zero-order valence-electron chi connectivity index (χ0n) is 11.4. The lowest BCUT2D eigenvalue weighted by Crippen LogP contribution is -2.51. The van der Waals surface area contributed by atoms with Crippen LogP contribution in [0.2, 0.25) is 0 Å². The smallest absolute Gasteiger partial charge is 0.127 e. The summed E-state index contributed by atoms with van der Waals surface area (Å²) in [5, 5.41) is 0. The van der Waals surface area contributed by atoms with E-state index in [1.54, 1.807) is 7.11 Å². The molecule has 1 aromatic rings. The van der Waals surface area contributed by atoms with Crippen LogP contribution < -0.4 is 4.74 Å². The summed E-state index contributed by atoms with van der Waals surface area (Å²) >= 11 is 3.58. The number of benzene rings is 1. The van der Waals surface area contributed by atoms with Crippen molar-refractivity contribution in [1.82, 2.24) is 0 Å². The van der Waals surface area contributed by atoms with Crippen molar-refractivity contribution in [2.24, 2.45) is 0 Å². The summed E-state index contributed by atoms with van der Waals surface area (Å²) in [4.78, 5) is 0.415. The number of hydrogen-bond acceptors (Lipinski definition) is 2. The van der Waals surface area contributed by atoms with Crippen LogP contribution in [0.15, 0.2) is 24.3 Å². The Morgan fingerprint density at radius 3 is 2.56 bits per heavy atom. The predicted molar refractivity (Wildman–Crippen MR) is 77.7 cm³/mol. The Bertz CT molecular complexity index is 411. The van der Waals surface area contributed by atoms with Gasteiger partial charge in [0.1, 0.15) is 18.0 Å². The van der Waals surface area contributed by atoms with Gasteiger partial charge in [-0.05, 0) is 23.1 Å². The van der Waals surface area contributed by atoms with Gasteiger partial charge in [-0.2, -0.15) is 0 Å². The van der Waals surface area contributed by atoms with Crippen molar-refractivity contribution < 1.29 is 9.47 Å². The molecule has 1 saturated carbocycles. The minimum absolute atomic E-state index is 0.150. The molecular formula is C15H21BrO2. The molecule has 1 fully saturated rings. The highest BCUT2D eigenvalue weighted by atomic mass is 79.9. The van der Waals surface area contributed by atoms with E-state index in [4.69, 9.17) is 9.47 Å². The molecule has 0 bridgehead atoms. The Labute approximate surface area is 118 Å². The summed E-state index contributed by atoms with van der Waals surface area (Å²) in [6.45, 7) is 6.63. The molecule has 0 N–H and O–H groups in total. The molecule has 1 aliphatic rings. The van der Waals surface area contributed by atoms with Crippen LogP contribution in [0.4, 0.5) is 0 Å². The molecule has 0 aromatic heterocycles. The molecule has 0 amide bonds. The summed E-state index contributed by atoms with van der Waals surface area (Å²) in [5.74, 6) is 0.939. The normalized spacial score (nSPS) is 27.7. The second kappa shape index (κ2) is 5.22. The molecule has 0 radical (unpaired) electrons. The maximum absolute atomic E-state index is 6.01. The van der Waals surface area contributed by atoms with Crippen molar-refractivity contribution in [3.05, 3.63) is 29.8 Å². The van der Waals surface area contributed by atoms with E-state index >= 15 is 0 Å². The molecule has 3 heteroatoms. The summed E-state index contributed by atoms with van der Waals surface area (Å²) in [6.07, 6.45) is 1.32. The van der Waals surface area contributed by atoms with Crippen molar-refractivity contribution in [2.75, 3.05) is 7.11 Å². The van der Waals surface area contributed by atoms with E-state index in [1.807, 2.05) is 6.07 Å². The first kappa shape index (κ1) is 13.9. The number of hydrogen-bond donors (Lipinski definition) is 0. The fraction of sp³-hybridized carbons (Fsp3) is 0.600. The van der Waals surface area contributed by atoms with Gasteiger partial charge in [-0.25, -0.2) is 0 Å². The van der Waals surface area contributed by atoms with E-state index in [0.717, 1.165) is 12.2 Å². The van der Waals surface area contributed by atoms with Crippen LogP contribution in [-0.4, -0.2) is 24.1 Å². The average Bonchev–Trinajstić information content (AvgIpc) is 2.28. The first-order valence-corrected chi connectivity index (χ1v) is 7.27. The zero-order valence-corrected chi connectivity index (χ0v) is 13.0. The Morgan fingerprint density at radius 1 is 1.28 bits per heavy atom. The second-order valence-corrected chi connectivity index (χ2v) is 7.06. The second-order valence-electron chi connectivity index (χ2n) is 5.89. The maximum Gasteiger partial charge on any atom is 0.127 e. The number of ether oxygens (including phenoxy) is 2. The first-order valence-electron chi connectivity index (χ1n) is 6.36. The third kappa shape index (κ3) is 2.89. The van der Waals surface area contributed by atoms with E-state index in [-0.39, 0.29) is 17.6 Å². The summed E-state index contributed by atoms with van der Waals surface area (Å²) in [6, 6.07) is 8.36. The van der Waals surface area contributed by atoms with E-state index in [9.17, 15) is 0 Å². The molecule has 0 saturated heterocycles. The van der Waals surface area contributed by atoms with Crippen LogP contribution in [0.25, 0.3) is 0 Å². The third-order valence-electron chi connectivity index (χ3n) is 3.44. The monoisotopic (exact) mass is 312 g/mol. The van der Waals surface area contributed by atoms with Crippen LogP contribution in [0.3, 0.4) is 0 Å². The molecule has 3 atom stereocenters. The van der Waals surface area contributed by atoms with E-state index in [1.165, 1.54) is 5.56 Å². The molecule has 2 rings (SSSR count). The molecule has 0 aliphatic heterocycles. The molecule has 0 spiro atoms. The Kier molecular flexibility index (Phi) is 4.02. The topological polar surface area (TPSA) is 18.5 Å². The van der Waals surface area contributed by atoms with Crippen molar-refractivity contribution in [2.45, 2.75) is 49.6 Å². The highest BCUT2D eigenvalue weighted by Crippen LogP contribution is 2.34. The fourth-order valence-corrected chi connectivity index (χ4v) is 3.08. The lowest BCUT2D eigenvalue weighted by Gasteiger charge is -2.40. The zero-order chi connectivity index (χ0) is 13.3. The molecule has 0 heterocycles. The molecule has 3 unspecified atom stereocenters. The number of methoxy groups -OCH3 is 1. The molecular weight excluding hydrogens is 292 g/mol. The molecule has 2 nitrogen and oxygen atoms in total. The average molecular weight is 313 g/mol. The van der Waals surface area contributed by atoms with Gasteiger partial charge in [-0.1, -0.05) is 48.8 Å².